The minimum atomic E-state index is 0.202. The molecule has 0 aromatic carbocycles. The maximum atomic E-state index is 12.4. The molecule has 4 rings (SSSR count). The Balaban J connectivity index is 1.69. The summed E-state index contributed by atoms with van der Waals surface area (Å²) >= 11 is 0. The van der Waals surface area contributed by atoms with E-state index in [1.54, 1.807) is 12.5 Å². The topological polar surface area (TPSA) is 82.7 Å². The van der Waals surface area contributed by atoms with Gasteiger partial charge in [0, 0.05) is 30.3 Å². The minimum absolute atomic E-state index is 0.202. The molecule has 2 fully saturated rings. The lowest BCUT2D eigenvalue weighted by Gasteiger charge is -2.24. The Morgan fingerprint density at radius 1 is 1.29 bits per heavy atom. The van der Waals surface area contributed by atoms with Crippen molar-refractivity contribution in [2.24, 2.45) is 5.92 Å². The molecule has 2 aromatic rings. The summed E-state index contributed by atoms with van der Waals surface area (Å²) in [6.07, 6.45) is 7.62. The number of ketones is 1. The van der Waals surface area contributed by atoms with Gasteiger partial charge in [-0.3, -0.25) is 4.79 Å². The molecule has 0 spiro atoms. The Kier molecular flexibility index (Phi) is 3.11. The van der Waals surface area contributed by atoms with Gasteiger partial charge in [-0.05, 0) is 32.2 Å². The second-order valence-electron chi connectivity index (χ2n) is 5.97. The maximum absolute atomic E-state index is 12.4. The van der Waals surface area contributed by atoms with Crippen LogP contribution in [0.5, 0.6) is 0 Å². The van der Waals surface area contributed by atoms with E-state index in [2.05, 4.69) is 25.6 Å². The van der Waals surface area contributed by atoms with Gasteiger partial charge in [-0.2, -0.15) is 0 Å². The average Bonchev–Trinajstić information content (AvgIpc) is 3.27. The van der Waals surface area contributed by atoms with Gasteiger partial charge in [0.15, 0.2) is 5.78 Å². The van der Waals surface area contributed by atoms with E-state index in [-0.39, 0.29) is 11.7 Å². The molecule has 0 amide bonds. The van der Waals surface area contributed by atoms with Crippen molar-refractivity contribution in [1.29, 1.82) is 0 Å². The molecule has 1 aliphatic heterocycles. The van der Waals surface area contributed by atoms with Crippen LogP contribution in [0.1, 0.15) is 36.0 Å². The highest BCUT2D eigenvalue weighted by Gasteiger charge is 2.32. The van der Waals surface area contributed by atoms with E-state index < -0.39 is 0 Å². The molecule has 1 saturated carbocycles. The highest BCUT2D eigenvalue weighted by atomic mass is 16.1. The molecule has 0 bridgehead atoms. The number of carbonyl (C=O) groups is 1. The molecular weight excluding hydrogens is 266 g/mol. The van der Waals surface area contributed by atoms with Crippen molar-refractivity contribution in [2.75, 3.05) is 18.4 Å². The predicted octanol–water partition coefficient (Wildman–Crippen LogP) is 1.71. The number of fused-ring (bicyclic) bond motifs is 1. The summed E-state index contributed by atoms with van der Waals surface area (Å²) in [4.78, 5) is 24.1. The van der Waals surface area contributed by atoms with Crippen LogP contribution in [0, 0.1) is 5.92 Å². The van der Waals surface area contributed by atoms with Crippen molar-refractivity contribution >= 4 is 22.6 Å². The molecule has 3 N–H and O–H groups in total. The van der Waals surface area contributed by atoms with Crippen LogP contribution in [0.4, 0.5) is 5.82 Å². The van der Waals surface area contributed by atoms with Crippen molar-refractivity contribution in [3.8, 4) is 0 Å². The lowest BCUT2D eigenvalue weighted by atomic mass is 10.1. The van der Waals surface area contributed by atoms with Gasteiger partial charge in [-0.1, -0.05) is 0 Å². The van der Waals surface area contributed by atoms with Gasteiger partial charge in [-0.15, -0.1) is 0 Å². The first-order valence-electron chi connectivity index (χ1n) is 7.66. The molecule has 2 aromatic heterocycles. The van der Waals surface area contributed by atoms with E-state index in [4.69, 9.17) is 0 Å². The van der Waals surface area contributed by atoms with Gasteiger partial charge in [0.25, 0.3) is 0 Å². The Morgan fingerprint density at radius 2 is 2.19 bits per heavy atom. The minimum Gasteiger partial charge on any atom is -0.365 e. The molecule has 1 saturated heterocycles. The van der Waals surface area contributed by atoms with E-state index in [1.165, 1.54) is 0 Å². The van der Waals surface area contributed by atoms with Gasteiger partial charge >= 0.3 is 0 Å². The largest absolute Gasteiger partial charge is 0.365 e. The molecule has 0 radical (unpaired) electrons. The third-order valence-corrected chi connectivity index (χ3v) is 4.32. The van der Waals surface area contributed by atoms with Crippen LogP contribution in [0.2, 0.25) is 0 Å². The quantitative estimate of drug-likeness (QED) is 0.745. The zero-order valence-corrected chi connectivity index (χ0v) is 11.9. The van der Waals surface area contributed by atoms with Gasteiger partial charge in [0.2, 0.25) is 0 Å². The van der Waals surface area contributed by atoms with Gasteiger partial charge in [0.1, 0.15) is 17.8 Å². The molecule has 3 heterocycles. The summed E-state index contributed by atoms with van der Waals surface area (Å²) in [5.74, 6) is 1.20. The number of anilines is 1. The Morgan fingerprint density at radius 3 is 2.95 bits per heavy atom. The van der Waals surface area contributed by atoms with Gasteiger partial charge in [0.05, 0.1) is 5.39 Å². The molecule has 1 unspecified atom stereocenters. The number of carbonyl (C=O) groups excluding carboxylic acids is 1. The average molecular weight is 285 g/mol. The standard InChI is InChI=1S/C15H19N5O/c21-13(9-3-4-9)11-7-17-14-12(11)15(19-8-18-14)20-10-2-1-5-16-6-10/h7-10,16H,1-6H2,(H2,17,18,19,20). The molecule has 21 heavy (non-hydrogen) atoms. The van der Waals surface area contributed by atoms with Crippen molar-refractivity contribution in [3.63, 3.8) is 0 Å². The SMILES string of the molecule is O=C(c1c[nH]c2ncnc(NC3CCCNC3)c12)C1CC1. The maximum Gasteiger partial charge on any atom is 0.168 e. The van der Waals surface area contributed by atoms with Crippen LogP contribution in [-0.4, -0.2) is 39.9 Å². The second-order valence-corrected chi connectivity index (χ2v) is 5.97. The number of aromatic amines is 1. The summed E-state index contributed by atoms with van der Waals surface area (Å²) in [5.41, 5.74) is 1.47. The summed E-state index contributed by atoms with van der Waals surface area (Å²) in [6.45, 7) is 2.01. The highest BCUT2D eigenvalue weighted by Crippen LogP contribution is 2.35. The number of hydrogen-bond acceptors (Lipinski definition) is 5. The summed E-state index contributed by atoms with van der Waals surface area (Å²) in [5, 5.41) is 7.71. The lowest BCUT2D eigenvalue weighted by molar-refractivity contribution is 0.0969. The smallest absolute Gasteiger partial charge is 0.168 e. The van der Waals surface area contributed by atoms with Crippen molar-refractivity contribution in [1.82, 2.24) is 20.3 Å². The Bertz CT molecular complexity index is 670. The summed E-state index contributed by atoms with van der Waals surface area (Å²) in [7, 11) is 0. The number of hydrogen-bond donors (Lipinski definition) is 3. The van der Waals surface area contributed by atoms with Gasteiger partial charge < -0.3 is 15.6 Å². The molecule has 1 aliphatic carbocycles. The number of Topliss-reactive ketones (excluding diaryl/α,β-unsaturated/α-hetero) is 1. The zero-order valence-electron chi connectivity index (χ0n) is 11.9. The molecule has 110 valence electrons. The number of nitrogens with zero attached hydrogens (tertiary/aromatic N) is 2. The first kappa shape index (κ1) is 12.8. The fourth-order valence-corrected chi connectivity index (χ4v) is 3.00. The van der Waals surface area contributed by atoms with Crippen LogP contribution >= 0.6 is 0 Å². The van der Waals surface area contributed by atoms with Crippen LogP contribution in [0.25, 0.3) is 11.0 Å². The lowest BCUT2D eigenvalue weighted by Crippen LogP contribution is -2.38. The summed E-state index contributed by atoms with van der Waals surface area (Å²) in [6, 6.07) is 0.357. The third kappa shape index (κ3) is 2.40. The van der Waals surface area contributed by atoms with Crippen molar-refractivity contribution in [2.45, 2.75) is 31.7 Å². The van der Waals surface area contributed by atoms with E-state index in [9.17, 15) is 4.79 Å². The van der Waals surface area contributed by atoms with Crippen LogP contribution in [0.3, 0.4) is 0 Å². The second kappa shape index (κ2) is 5.11. The van der Waals surface area contributed by atoms with E-state index in [0.29, 0.717) is 6.04 Å². The van der Waals surface area contributed by atoms with Gasteiger partial charge in [-0.25, -0.2) is 9.97 Å². The number of rotatable bonds is 4. The monoisotopic (exact) mass is 285 g/mol. The normalized spacial score (nSPS) is 22.4. The molecule has 6 heteroatoms. The number of aromatic nitrogens is 3. The van der Waals surface area contributed by atoms with Crippen molar-refractivity contribution in [3.05, 3.63) is 18.1 Å². The summed E-state index contributed by atoms with van der Waals surface area (Å²) < 4.78 is 0. The first-order valence-corrected chi connectivity index (χ1v) is 7.66. The zero-order chi connectivity index (χ0) is 14.2. The molecular formula is C15H19N5O. The van der Waals surface area contributed by atoms with Crippen LogP contribution in [0.15, 0.2) is 12.5 Å². The van der Waals surface area contributed by atoms with Crippen molar-refractivity contribution < 1.29 is 4.79 Å². The Hall–Kier alpha value is -1.95. The number of H-pyrrole nitrogens is 1. The van der Waals surface area contributed by atoms with E-state index in [1.807, 2.05) is 0 Å². The van der Waals surface area contributed by atoms with Crippen LogP contribution < -0.4 is 10.6 Å². The third-order valence-electron chi connectivity index (χ3n) is 4.32. The molecule has 2 aliphatic rings. The first-order chi connectivity index (χ1) is 10.3. The predicted molar refractivity (Wildman–Crippen MR) is 80.5 cm³/mol. The molecule has 6 nitrogen and oxygen atoms in total. The number of piperidine rings is 1. The number of nitrogens with one attached hydrogen (secondary N) is 3. The highest BCUT2D eigenvalue weighted by molar-refractivity contribution is 6.12. The fraction of sp³-hybridized carbons (Fsp3) is 0.533. The Labute approximate surface area is 122 Å². The van der Waals surface area contributed by atoms with E-state index in [0.717, 1.165) is 61.2 Å². The van der Waals surface area contributed by atoms with E-state index >= 15 is 0 Å². The molecule has 1 atom stereocenters. The van der Waals surface area contributed by atoms with Crippen LogP contribution in [-0.2, 0) is 0 Å². The fourth-order valence-electron chi connectivity index (χ4n) is 3.00.